The lowest BCUT2D eigenvalue weighted by Gasteiger charge is -2.31. The number of carbonyl (C=O) groups excluding carboxylic acids is 1. The van der Waals surface area contributed by atoms with Gasteiger partial charge in [0.1, 0.15) is 11.6 Å². The number of aromatic nitrogens is 2. The molecule has 1 amide bonds. The minimum Gasteiger partial charge on any atom is -0.494 e. The minimum atomic E-state index is -0.515. The summed E-state index contributed by atoms with van der Waals surface area (Å²) < 4.78 is 8.06. The molecule has 6 nitrogen and oxygen atoms in total. The number of fused-ring (bicyclic) bond motifs is 1. The van der Waals surface area contributed by atoms with Crippen LogP contribution in [0, 0.1) is 0 Å². The van der Waals surface area contributed by atoms with Gasteiger partial charge in [0.25, 0.3) is 11.5 Å². The zero-order valence-corrected chi connectivity index (χ0v) is 24.0. The first-order valence-corrected chi connectivity index (χ1v) is 14.1. The smallest absolute Gasteiger partial charge is 0.266 e. The zero-order chi connectivity index (χ0) is 28.1. The van der Waals surface area contributed by atoms with Crippen LogP contribution in [0.1, 0.15) is 41.6 Å². The summed E-state index contributed by atoms with van der Waals surface area (Å²) in [5.74, 6) is 1.08. The van der Waals surface area contributed by atoms with E-state index < -0.39 is 6.04 Å². The van der Waals surface area contributed by atoms with E-state index in [1.54, 1.807) is 15.5 Å². The van der Waals surface area contributed by atoms with Crippen LogP contribution >= 0.6 is 15.9 Å². The summed E-state index contributed by atoms with van der Waals surface area (Å²) >= 11 is 3.49. The quantitative estimate of drug-likeness (QED) is 0.184. The molecule has 0 saturated carbocycles. The van der Waals surface area contributed by atoms with Crippen molar-refractivity contribution in [1.29, 1.82) is 0 Å². The van der Waals surface area contributed by atoms with Crippen molar-refractivity contribution in [2.24, 2.45) is 0 Å². The van der Waals surface area contributed by atoms with E-state index in [-0.39, 0.29) is 11.5 Å². The Hall–Kier alpha value is -4.23. The van der Waals surface area contributed by atoms with Gasteiger partial charge in [-0.1, -0.05) is 64.5 Å². The highest BCUT2D eigenvalue weighted by molar-refractivity contribution is 9.10. The van der Waals surface area contributed by atoms with E-state index in [2.05, 4.69) is 28.1 Å². The fraction of sp³-hybridized carbons (Fsp3) is 0.182. The summed E-state index contributed by atoms with van der Waals surface area (Å²) in [6.45, 7) is 4.86. The largest absolute Gasteiger partial charge is 0.494 e. The summed E-state index contributed by atoms with van der Waals surface area (Å²) in [5, 5.41) is 0.515. The number of rotatable bonds is 9. The van der Waals surface area contributed by atoms with Crippen molar-refractivity contribution in [2.75, 3.05) is 13.2 Å². The van der Waals surface area contributed by atoms with E-state index in [0.717, 1.165) is 15.8 Å². The summed E-state index contributed by atoms with van der Waals surface area (Å²) in [5.41, 5.74) is 2.75. The molecule has 1 aromatic heterocycles. The SMILES string of the molecule is CCOc1ccc(-n2c(C(C)N(CCc3ccccc3)C(=O)c3cccc(Br)c3)nc3ccccc3c2=O)cc1. The maximum absolute atomic E-state index is 14.0. The van der Waals surface area contributed by atoms with Gasteiger partial charge in [-0.25, -0.2) is 4.98 Å². The number of halogens is 1. The second kappa shape index (κ2) is 12.3. The summed E-state index contributed by atoms with van der Waals surface area (Å²) in [6, 6.07) is 31.6. The van der Waals surface area contributed by atoms with Crippen LogP contribution in [-0.4, -0.2) is 33.5 Å². The highest BCUT2D eigenvalue weighted by Gasteiger charge is 2.28. The molecule has 0 aliphatic rings. The molecule has 0 aliphatic heterocycles. The number of ether oxygens (including phenoxy) is 1. The number of nitrogens with zero attached hydrogens (tertiary/aromatic N) is 3. The van der Waals surface area contributed by atoms with Crippen LogP contribution in [0.4, 0.5) is 0 Å². The van der Waals surface area contributed by atoms with Crippen molar-refractivity contribution in [3.63, 3.8) is 0 Å². The Morgan fingerprint density at radius 2 is 1.68 bits per heavy atom. The highest BCUT2D eigenvalue weighted by atomic mass is 79.9. The van der Waals surface area contributed by atoms with E-state index >= 15 is 0 Å². The molecule has 0 aliphatic carbocycles. The molecule has 0 fully saturated rings. The minimum absolute atomic E-state index is 0.134. The Balaban J connectivity index is 1.64. The Labute approximate surface area is 242 Å². The van der Waals surface area contributed by atoms with Crippen LogP contribution in [-0.2, 0) is 6.42 Å². The normalized spacial score (nSPS) is 11.8. The predicted molar refractivity (Wildman–Crippen MR) is 162 cm³/mol. The number of benzene rings is 4. The van der Waals surface area contributed by atoms with E-state index in [1.807, 2.05) is 98.8 Å². The maximum atomic E-state index is 14.0. The molecular weight excluding hydrogens is 566 g/mol. The number of hydrogen-bond acceptors (Lipinski definition) is 4. The molecule has 1 unspecified atom stereocenters. The number of carbonyl (C=O) groups is 1. The monoisotopic (exact) mass is 595 g/mol. The van der Waals surface area contributed by atoms with E-state index in [4.69, 9.17) is 9.72 Å². The summed E-state index contributed by atoms with van der Waals surface area (Å²) in [6.07, 6.45) is 0.659. The first kappa shape index (κ1) is 27.3. The van der Waals surface area contributed by atoms with Crippen LogP contribution in [0.5, 0.6) is 5.75 Å². The topological polar surface area (TPSA) is 64.4 Å². The molecule has 5 aromatic rings. The van der Waals surface area contributed by atoms with Gasteiger partial charge in [-0.2, -0.15) is 0 Å². The Kier molecular flexibility index (Phi) is 8.41. The van der Waals surface area contributed by atoms with Crippen molar-refractivity contribution in [3.05, 3.63) is 135 Å². The molecule has 0 saturated heterocycles. The van der Waals surface area contributed by atoms with Crippen molar-refractivity contribution >= 4 is 32.7 Å². The molecule has 1 heterocycles. The first-order chi connectivity index (χ1) is 19.5. The van der Waals surface area contributed by atoms with E-state index in [9.17, 15) is 9.59 Å². The van der Waals surface area contributed by atoms with Crippen molar-refractivity contribution < 1.29 is 9.53 Å². The Morgan fingerprint density at radius 3 is 2.40 bits per heavy atom. The lowest BCUT2D eigenvalue weighted by atomic mass is 10.1. The predicted octanol–water partition coefficient (Wildman–Crippen LogP) is 6.99. The van der Waals surface area contributed by atoms with Gasteiger partial charge in [-0.3, -0.25) is 14.2 Å². The molecule has 0 N–H and O–H groups in total. The van der Waals surface area contributed by atoms with Crippen molar-refractivity contribution in [3.8, 4) is 11.4 Å². The molecule has 0 spiro atoms. The van der Waals surface area contributed by atoms with Crippen molar-refractivity contribution in [1.82, 2.24) is 14.5 Å². The number of amides is 1. The van der Waals surface area contributed by atoms with Gasteiger partial charge >= 0.3 is 0 Å². The fourth-order valence-corrected chi connectivity index (χ4v) is 5.23. The maximum Gasteiger partial charge on any atom is 0.266 e. The van der Waals surface area contributed by atoms with Crippen LogP contribution in [0.25, 0.3) is 16.6 Å². The lowest BCUT2D eigenvalue weighted by molar-refractivity contribution is 0.0683. The number of hydrogen-bond donors (Lipinski definition) is 0. The molecule has 7 heteroatoms. The molecule has 5 rings (SSSR count). The summed E-state index contributed by atoms with van der Waals surface area (Å²) in [4.78, 5) is 34.7. The summed E-state index contributed by atoms with van der Waals surface area (Å²) in [7, 11) is 0. The lowest BCUT2D eigenvalue weighted by Crippen LogP contribution is -2.38. The second-order valence-electron chi connectivity index (χ2n) is 9.48. The van der Waals surface area contributed by atoms with Gasteiger partial charge in [-0.05, 0) is 80.4 Å². The van der Waals surface area contributed by atoms with Crippen molar-refractivity contribution in [2.45, 2.75) is 26.3 Å². The fourth-order valence-electron chi connectivity index (χ4n) is 4.83. The van der Waals surface area contributed by atoms with Gasteiger partial charge in [0.15, 0.2) is 0 Å². The van der Waals surface area contributed by atoms with Crippen LogP contribution in [0.15, 0.2) is 112 Å². The molecule has 1 atom stereocenters. The van der Waals surface area contributed by atoms with Gasteiger partial charge < -0.3 is 9.64 Å². The van der Waals surface area contributed by atoms with Gasteiger partial charge in [0.2, 0.25) is 0 Å². The molecule has 0 radical (unpaired) electrons. The standard InChI is InChI=1S/C33H30BrN3O3/c1-3-40-28-18-16-27(17-19-28)37-31(35-30-15-8-7-14-29(30)33(37)39)23(2)36(21-20-24-10-5-4-6-11-24)32(38)25-12-9-13-26(34)22-25/h4-19,22-23H,3,20-21H2,1-2H3. The molecular formula is C33H30BrN3O3. The third-order valence-corrected chi connectivity index (χ3v) is 7.36. The molecule has 4 aromatic carbocycles. The average Bonchev–Trinajstić information content (AvgIpc) is 2.98. The van der Waals surface area contributed by atoms with Crippen LogP contribution in [0.3, 0.4) is 0 Å². The van der Waals surface area contributed by atoms with Gasteiger partial charge in [-0.15, -0.1) is 0 Å². The van der Waals surface area contributed by atoms with E-state index in [0.29, 0.717) is 47.6 Å². The van der Waals surface area contributed by atoms with Gasteiger partial charge in [0, 0.05) is 16.6 Å². The third-order valence-electron chi connectivity index (χ3n) is 6.87. The first-order valence-electron chi connectivity index (χ1n) is 13.3. The van der Waals surface area contributed by atoms with E-state index in [1.165, 1.54) is 0 Å². The Bertz CT molecular complexity index is 1680. The highest BCUT2D eigenvalue weighted by Crippen LogP contribution is 2.26. The zero-order valence-electron chi connectivity index (χ0n) is 22.5. The number of para-hydroxylation sites is 1. The third kappa shape index (κ3) is 5.84. The molecule has 40 heavy (non-hydrogen) atoms. The average molecular weight is 597 g/mol. The Morgan fingerprint density at radius 1 is 0.950 bits per heavy atom. The molecule has 0 bridgehead atoms. The second-order valence-corrected chi connectivity index (χ2v) is 10.4. The van der Waals surface area contributed by atoms with Crippen LogP contribution < -0.4 is 10.3 Å². The molecule has 202 valence electrons. The van der Waals surface area contributed by atoms with Gasteiger partial charge in [0.05, 0.1) is 29.2 Å². The van der Waals surface area contributed by atoms with Crippen LogP contribution in [0.2, 0.25) is 0 Å².